The van der Waals surface area contributed by atoms with E-state index in [1.807, 2.05) is 0 Å². The molecule has 1 heterocycles. The summed E-state index contributed by atoms with van der Waals surface area (Å²) in [6, 6.07) is 3.90. The quantitative estimate of drug-likeness (QED) is 0.699. The molecular formula is C14H23N3O2. The number of carboxylic acid groups (broad SMARTS) is 1. The van der Waals surface area contributed by atoms with Crippen molar-refractivity contribution in [1.82, 2.24) is 15.2 Å². The average Bonchev–Trinajstić information content (AvgIpc) is 2.38. The predicted molar refractivity (Wildman–Crippen MR) is 75.3 cm³/mol. The Bertz CT molecular complexity index is 390. The summed E-state index contributed by atoms with van der Waals surface area (Å²) in [6.07, 6.45) is 2.48. The molecule has 0 fully saturated rings. The van der Waals surface area contributed by atoms with Crippen molar-refractivity contribution in [1.29, 1.82) is 0 Å². The van der Waals surface area contributed by atoms with Crippen molar-refractivity contribution in [3.05, 3.63) is 29.6 Å². The van der Waals surface area contributed by atoms with Crippen LogP contribution in [-0.4, -0.2) is 47.1 Å². The van der Waals surface area contributed by atoms with Crippen LogP contribution >= 0.6 is 0 Å². The first-order valence-electron chi connectivity index (χ1n) is 6.60. The number of rotatable bonds is 8. The van der Waals surface area contributed by atoms with E-state index in [1.54, 1.807) is 12.1 Å². The molecule has 0 unspecified atom stereocenters. The van der Waals surface area contributed by atoms with E-state index in [2.05, 4.69) is 36.1 Å². The summed E-state index contributed by atoms with van der Waals surface area (Å²) < 4.78 is 0. The van der Waals surface area contributed by atoms with E-state index in [1.165, 1.54) is 6.20 Å². The van der Waals surface area contributed by atoms with E-state index < -0.39 is 5.97 Å². The van der Waals surface area contributed by atoms with Crippen LogP contribution in [0.5, 0.6) is 0 Å². The van der Waals surface area contributed by atoms with Gasteiger partial charge in [-0.1, -0.05) is 0 Å². The highest BCUT2D eigenvalue weighted by molar-refractivity contribution is 5.87. The Kier molecular flexibility index (Phi) is 6.45. The van der Waals surface area contributed by atoms with Crippen LogP contribution in [-0.2, 0) is 6.54 Å². The van der Waals surface area contributed by atoms with E-state index >= 15 is 0 Å². The topological polar surface area (TPSA) is 65.5 Å². The minimum absolute atomic E-state index is 0.224. The Morgan fingerprint density at radius 3 is 2.74 bits per heavy atom. The van der Waals surface area contributed by atoms with Gasteiger partial charge in [-0.2, -0.15) is 0 Å². The highest BCUT2D eigenvalue weighted by Gasteiger charge is 2.03. The Morgan fingerprint density at radius 1 is 1.47 bits per heavy atom. The van der Waals surface area contributed by atoms with Crippen LogP contribution in [0.2, 0.25) is 0 Å². The number of hydrogen-bond acceptors (Lipinski definition) is 4. The van der Waals surface area contributed by atoms with Crippen LogP contribution in [0.4, 0.5) is 0 Å². The summed E-state index contributed by atoms with van der Waals surface area (Å²) in [5, 5.41) is 12.1. The lowest BCUT2D eigenvalue weighted by atomic mass is 10.2. The van der Waals surface area contributed by atoms with Gasteiger partial charge in [-0.25, -0.2) is 4.79 Å². The third-order valence-corrected chi connectivity index (χ3v) is 3.12. The van der Waals surface area contributed by atoms with E-state index in [9.17, 15) is 4.79 Å². The number of carbonyl (C=O) groups is 1. The highest BCUT2D eigenvalue weighted by atomic mass is 16.4. The second-order valence-corrected chi connectivity index (χ2v) is 4.95. The first-order valence-corrected chi connectivity index (χ1v) is 6.60. The molecule has 5 nitrogen and oxygen atoms in total. The van der Waals surface area contributed by atoms with Gasteiger partial charge in [0.2, 0.25) is 0 Å². The van der Waals surface area contributed by atoms with Crippen molar-refractivity contribution in [2.24, 2.45) is 0 Å². The Balaban J connectivity index is 2.21. The van der Waals surface area contributed by atoms with Crippen molar-refractivity contribution in [3.8, 4) is 0 Å². The number of aromatic nitrogens is 1. The maximum absolute atomic E-state index is 10.7. The van der Waals surface area contributed by atoms with Gasteiger partial charge in [0.25, 0.3) is 0 Å². The zero-order valence-corrected chi connectivity index (χ0v) is 11.9. The first kappa shape index (κ1) is 15.6. The summed E-state index contributed by atoms with van der Waals surface area (Å²) in [6.45, 7) is 7.03. The van der Waals surface area contributed by atoms with Crippen molar-refractivity contribution in [2.75, 3.05) is 20.1 Å². The smallest absolute Gasteiger partial charge is 0.337 e. The molecule has 0 aliphatic carbocycles. The molecular weight excluding hydrogens is 242 g/mol. The van der Waals surface area contributed by atoms with E-state index in [0.29, 0.717) is 12.6 Å². The highest BCUT2D eigenvalue weighted by Crippen LogP contribution is 2.00. The minimum atomic E-state index is -0.941. The summed E-state index contributed by atoms with van der Waals surface area (Å²) in [5.74, 6) is -0.941. The van der Waals surface area contributed by atoms with Crippen LogP contribution in [0, 0.1) is 0 Å². The molecule has 0 aliphatic heterocycles. The maximum Gasteiger partial charge on any atom is 0.337 e. The largest absolute Gasteiger partial charge is 0.478 e. The summed E-state index contributed by atoms with van der Waals surface area (Å²) >= 11 is 0. The molecule has 1 rings (SSSR count). The molecule has 2 N–H and O–H groups in total. The Labute approximate surface area is 114 Å². The average molecular weight is 265 g/mol. The first-order chi connectivity index (χ1) is 9.00. The molecule has 0 radical (unpaired) electrons. The molecule has 0 amide bonds. The van der Waals surface area contributed by atoms with Gasteiger partial charge in [0.15, 0.2) is 0 Å². The van der Waals surface area contributed by atoms with Crippen LogP contribution in [0.1, 0.15) is 36.3 Å². The second kappa shape index (κ2) is 7.86. The van der Waals surface area contributed by atoms with Gasteiger partial charge < -0.3 is 15.3 Å². The number of hydrogen-bond donors (Lipinski definition) is 2. The molecule has 1 aromatic heterocycles. The van der Waals surface area contributed by atoms with E-state index in [-0.39, 0.29) is 5.56 Å². The number of pyridine rings is 1. The fourth-order valence-corrected chi connectivity index (χ4v) is 1.58. The van der Waals surface area contributed by atoms with Crippen molar-refractivity contribution >= 4 is 5.97 Å². The standard InChI is InChI=1S/C14H23N3O2/c1-11(2)17(3)8-4-7-15-10-13-6-5-12(9-16-13)14(18)19/h5-6,9,11,15H,4,7-8,10H2,1-3H3,(H,18,19). The zero-order chi connectivity index (χ0) is 14.3. The van der Waals surface area contributed by atoms with Crippen molar-refractivity contribution < 1.29 is 9.90 Å². The molecule has 0 saturated carbocycles. The third-order valence-electron chi connectivity index (χ3n) is 3.12. The fraction of sp³-hybridized carbons (Fsp3) is 0.571. The lowest BCUT2D eigenvalue weighted by Crippen LogP contribution is -2.29. The Morgan fingerprint density at radius 2 is 2.21 bits per heavy atom. The lowest BCUT2D eigenvalue weighted by Gasteiger charge is -2.20. The van der Waals surface area contributed by atoms with Crippen LogP contribution in [0.25, 0.3) is 0 Å². The van der Waals surface area contributed by atoms with Gasteiger partial charge in [0, 0.05) is 18.8 Å². The van der Waals surface area contributed by atoms with Gasteiger partial charge >= 0.3 is 5.97 Å². The monoisotopic (exact) mass is 265 g/mol. The molecule has 0 aliphatic rings. The molecule has 1 aromatic rings. The maximum atomic E-state index is 10.7. The normalized spacial score (nSPS) is 11.2. The molecule has 0 spiro atoms. The molecule has 0 aromatic carbocycles. The van der Waals surface area contributed by atoms with Crippen molar-refractivity contribution in [2.45, 2.75) is 32.9 Å². The second-order valence-electron chi connectivity index (χ2n) is 4.95. The van der Waals surface area contributed by atoms with Crippen LogP contribution in [0.3, 0.4) is 0 Å². The van der Waals surface area contributed by atoms with Crippen molar-refractivity contribution in [3.63, 3.8) is 0 Å². The number of nitrogens with zero attached hydrogens (tertiary/aromatic N) is 2. The van der Waals surface area contributed by atoms with Gasteiger partial charge in [0.1, 0.15) is 0 Å². The molecule has 0 atom stereocenters. The fourth-order valence-electron chi connectivity index (χ4n) is 1.58. The Hall–Kier alpha value is -1.46. The van der Waals surface area contributed by atoms with Gasteiger partial charge in [-0.15, -0.1) is 0 Å². The summed E-state index contributed by atoms with van der Waals surface area (Å²) in [5.41, 5.74) is 1.09. The molecule has 19 heavy (non-hydrogen) atoms. The summed E-state index contributed by atoms with van der Waals surface area (Å²) in [7, 11) is 2.12. The number of aromatic carboxylic acids is 1. The predicted octanol–water partition coefficient (Wildman–Crippen LogP) is 1.60. The molecule has 0 saturated heterocycles. The minimum Gasteiger partial charge on any atom is -0.478 e. The van der Waals surface area contributed by atoms with Crippen LogP contribution < -0.4 is 5.32 Å². The van der Waals surface area contributed by atoms with Gasteiger partial charge in [0.05, 0.1) is 11.3 Å². The van der Waals surface area contributed by atoms with Gasteiger partial charge in [-0.05, 0) is 52.5 Å². The molecule has 5 heteroatoms. The third kappa shape index (κ3) is 5.81. The lowest BCUT2D eigenvalue weighted by molar-refractivity contribution is 0.0696. The molecule has 0 bridgehead atoms. The zero-order valence-electron chi connectivity index (χ0n) is 11.9. The van der Waals surface area contributed by atoms with Gasteiger partial charge in [-0.3, -0.25) is 4.98 Å². The SMILES string of the molecule is CC(C)N(C)CCCNCc1ccc(C(=O)O)cn1. The van der Waals surface area contributed by atoms with Crippen LogP contribution in [0.15, 0.2) is 18.3 Å². The number of nitrogens with one attached hydrogen (secondary N) is 1. The molecule has 106 valence electrons. The number of carboxylic acids is 1. The summed E-state index contributed by atoms with van der Waals surface area (Å²) in [4.78, 5) is 17.1. The van der Waals surface area contributed by atoms with E-state index in [4.69, 9.17) is 5.11 Å². The van der Waals surface area contributed by atoms with E-state index in [0.717, 1.165) is 25.2 Å².